The Kier molecular flexibility index (Phi) is 11.0. The van der Waals surface area contributed by atoms with E-state index in [4.69, 9.17) is 4.74 Å². The van der Waals surface area contributed by atoms with E-state index in [-0.39, 0.29) is 5.19 Å². The summed E-state index contributed by atoms with van der Waals surface area (Å²) in [5, 5.41) is 6.50. The first-order valence-electron chi connectivity index (χ1n) is 12.7. The van der Waals surface area contributed by atoms with Crippen molar-refractivity contribution in [1.82, 2.24) is 15.2 Å². The van der Waals surface area contributed by atoms with E-state index in [1.807, 2.05) is 26.2 Å². The summed E-state index contributed by atoms with van der Waals surface area (Å²) >= 11 is 1.26. The van der Waals surface area contributed by atoms with Gasteiger partial charge in [0.15, 0.2) is 12.9 Å². The first-order valence-corrected chi connectivity index (χ1v) is 13.5. The molecule has 1 aliphatic carbocycles. The predicted molar refractivity (Wildman–Crippen MR) is 144 cm³/mol. The van der Waals surface area contributed by atoms with Gasteiger partial charge < -0.3 is 15.4 Å². The molecule has 1 saturated carbocycles. The van der Waals surface area contributed by atoms with E-state index in [2.05, 4.69) is 27.1 Å². The highest BCUT2D eigenvalue weighted by Gasteiger charge is 2.30. The molecule has 6 nitrogen and oxygen atoms in total. The van der Waals surface area contributed by atoms with Gasteiger partial charge in [0, 0.05) is 47.9 Å². The van der Waals surface area contributed by atoms with Gasteiger partial charge in [-0.1, -0.05) is 36.1 Å². The number of rotatable bonds is 9. The zero-order chi connectivity index (χ0) is 26.8. The quantitative estimate of drug-likeness (QED) is 0.394. The van der Waals surface area contributed by atoms with Gasteiger partial charge in [-0.15, -0.1) is 0 Å². The number of thiazole rings is 1. The van der Waals surface area contributed by atoms with Crippen molar-refractivity contribution in [3.05, 3.63) is 46.5 Å². The molecule has 1 aromatic heterocycles. The van der Waals surface area contributed by atoms with Crippen molar-refractivity contribution in [2.45, 2.75) is 57.3 Å². The fraction of sp³-hybridized carbons (Fsp3) is 0.556. The fourth-order valence-electron chi connectivity index (χ4n) is 4.86. The third kappa shape index (κ3) is 8.83. The van der Waals surface area contributed by atoms with Gasteiger partial charge in [-0.05, 0) is 64.1 Å². The van der Waals surface area contributed by atoms with Gasteiger partial charge in [-0.2, -0.15) is 13.2 Å². The minimum absolute atomic E-state index is 0.148. The summed E-state index contributed by atoms with van der Waals surface area (Å²) in [5.74, 6) is 0.798. The molecule has 2 heterocycles. The molecule has 0 radical (unpaired) electrons. The molecule has 0 bridgehead atoms. The van der Waals surface area contributed by atoms with Crippen molar-refractivity contribution < 1.29 is 22.7 Å². The smallest absolute Gasteiger partial charge is 0.422 e. The number of nitrogens with zero attached hydrogens (tertiary/aromatic N) is 2. The topological polar surface area (TPSA) is 66.5 Å². The number of halogens is 3. The lowest BCUT2D eigenvalue weighted by Crippen LogP contribution is -2.34. The van der Waals surface area contributed by atoms with Crippen LogP contribution in [0.4, 0.5) is 18.9 Å². The lowest BCUT2D eigenvalue weighted by Gasteiger charge is -2.31. The Labute approximate surface area is 221 Å². The normalized spacial score (nSPS) is 19.8. The molecular formula is C27H37F3N4O2S. The van der Waals surface area contributed by atoms with Gasteiger partial charge in [0.1, 0.15) is 0 Å². The number of hydrogen-bond donors (Lipinski definition) is 2. The predicted octanol–water partition coefficient (Wildman–Crippen LogP) is 5.79. The molecule has 4 rings (SSSR count). The molecule has 204 valence electrons. The molecule has 1 aromatic carbocycles. The molecule has 2 aromatic rings. The summed E-state index contributed by atoms with van der Waals surface area (Å²) in [4.78, 5) is 18.3. The second kappa shape index (κ2) is 13.9. The molecule has 10 heteroatoms. The molecule has 0 unspecified atom stereocenters. The van der Waals surface area contributed by atoms with Crippen LogP contribution in [-0.2, 0) is 13.0 Å². The van der Waals surface area contributed by atoms with Gasteiger partial charge in [-0.25, -0.2) is 4.98 Å². The van der Waals surface area contributed by atoms with Crippen LogP contribution in [0.5, 0.6) is 5.19 Å². The number of carbonyl (C=O) groups excluding carboxylic acids is 1. The zero-order valence-electron chi connectivity index (χ0n) is 21.6. The highest BCUT2D eigenvalue weighted by molar-refractivity contribution is 7.13. The molecular weight excluding hydrogens is 501 g/mol. The zero-order valence-corrected chi connectivity index (χ0v) is 22.4. The summed E-state index contributed by atoms with van der Waals surface area (Å²) in [5.41, 5.74) is 3.34. The van der Waals surface area contributed by atoms with Crippen LogP contribution in [0, 0.1) is 5.92 Å². The van der Waals surface area contributed by atoms with Crippen molar-refractivity contribution in [2.24, 2.45) is 5.92 Å². The summed E-state index contributed by atoms with van der Waals surface area (Å²) in [7, 11) is 3.85. The van der Waals surface area contributed by atoms with Crippen molar-refractivity contribution >= 4 is 29.4 Å². The molecule has 0 saturated heterocycles. The summed E-state index contributed by atoms with van der Waals surface area (Å²) < 4.78 is 41.5. The Morgan fingerprint density at radius 1 is 1.24 bits per heavy atom. The van der Waals surface area contributed by atoms with Gasteiger partial charge in [0.2, 0.25) is 0 Å². The Morgan fingerprint density at radius 3 is 2.62 bits per heavy atom. The monoisotopic (exact) mass is 538 g/mol. The maximum atomic E-state index is 12.3. The van der Waals surface area contributed by atoms with Crippen LogP contribution in [0.15, 0.2) is 24.8 Å². The molecule has 1 aliphatic heterocycles. The number of nitrogens with one attached hydrogen (secondary N) is 2. The SMILES string of the molecule is C=Cc1c(C=O)cccc1NC.CNC1CCC(CCN2CCc3sc(OCC(F)(F)F)nc3C2)CC1. The number of anilines is 1. The average molecular weight is 539 g/mol. The number of benzene rings is 1. The minimum Gasteiger partial charge on any atom is -0.460 e. The summed E-state index contributed by atoms with van der Waals surface area (Å²) in [6.45, 7) is 5.12. The Morgan fingerprint density at radius 2 is 2.00 bits per heavy atom. The molecule has 2 N–H and O–H groups in total. The van der Waals surface area contributed by atoms with Crippen molar-refractivity contribution in [1.29, 1.82) is 0 Å². The summed E-state index contributed by atoms with van der Waals surface area (Å²) in [6, 6.07) is 6.19. The van der Waals surface area contributed by atoms with E-state index in [1.165, 1.54) is 43.4 Å². The number of carbonyl (C=O) groups is 1. The average Bonchev–Trinajstić information content (AvgIpc) is 3.33. The Bertz CT molecular complexity index is 1020. The van der Waals surface area contributed by atoms with Gasteiger partial charge in [0.25, 0.3) is 5.19 Å². The molecule has 2 aliphatic rings. The van der Waals surface area contributed by atoms with E-state index in [0.29, 0.717) is 11.6 Å². The first-order chi connectivity index (χ1) is 17.8. The highest BCUT2D eigenvalue weighted by atomic mass is 32.1. The van der Waals surface area contributed by atoms with Crippen molar-refractivity contribution in [2.75, 3.05) is 39.1 Å². The summed E-state index contributed by atoms with van der Waals surface area (Å²) in [6.07, 6.45) is 5.35. The van der Waals surface area contributed by atoms with E-state index in [9.17, 15) is 18.0 Å². The van der Waals surface area contributed by atoms with Crippen molar-refractivity contribution in [3.8, 4) is 5.19 Å². The number of alkyl halides is 3. The fourth-order valence-corrected chi connectivity index (χ4v) is 5.77. The van der Waals surface area contributed by atoms with Crippen LogP contribution in [0.1, 0.15) is 58.6 Å². The number of aromatic nitrogens is 1. The second-order valence-corrected chi connectivity index (χ2v) is 10.5. The van der Waals surface area contributed by atoms with Gasteiger partial charge in [0.05, 0.1) is 5.69 Å². The van der Waals surface area contributed by atoms with Crippen LogP contribution in [0.25, 0.3) is 6.08 Å². The van der Waals surface area contributed by atoms with Gasteiger partial charge >= 0.3 is 6.18 Å². The maximum Gasteiger partial charge on any atom is 0.422 e. The highest BCUT2D eigenvalue weighted by Crippen LogP contribution is 2.32. The number of aldehydes is 1. The lowest BCUT2D eigenvalue weighted by molar-refractivity contribution is -0.153. The first kappa shape index (κ1) is 29.1. The van der Waals surface area contributed by atoms with Crippen molar-refractivity contribution in [3.63, 3.8) is 0 Å². The van der Waals surface area contributed by atoms with E-state index < -0.39 is 12.8 Å². The van der Waals surface area contributed by atoms with Crippen LogP contribution >= 0.6 is 11.3 Å². The second-order valence-electron chi connectivity index (χ2n) is 9.46. The number of ether oxygens (including phenoxy) is 1. The third-order valence-corrected chi connectivity index (χ3v) is 8.07. The van der Waals surface area contributed by atoms with Crippen LogP contribution in [0.3, 0.4) is 0 Å². The molecule has 37 heavy (non-hydrogen) atoms. The van der Waals surface area contributed by atoms with Crippen LogP contribution in [-0.4, -0.2) is 62.2 Å². The van der Waals surface area contributed by atoms with E-state index in [1.54, 1.807) is 12.1 Å². The molecule has 1 fully saturated rings. The number of fused-ring (bicyclic) bond motifs is 1. The molecule has 0 spiro atoms. The maximum absolute atomic E-state index is 12.3. The van der Waals surface area contributed by atoms with Gasteiger partial charge in [-0.3, -0.25) is 9.69 Å². The van der Waals surface area contributed by atoms with E-state index in [0.717, 1.165) is 60.1 Å². The van der Waals surface area contributed by atoms with Crippen LogP contribution in [0.2, 0.25) is 0 Å². The molecule has 0 atom stereocenters. The van der Waals surface area contributed by atoms with Crippen LogP contribution < -0.4 is 15.4 Å². The Hall–Kier alpha value is -2.43. The number of hydrogen-bond acceptors (Lipinski definition) is 7. The lowest BCUT2D eigenvalue weighted by atomic mass is 9.84. The van der Waals surface area contributed by atoms with E-state index >= 15 is 0 Å². The third-order valence-electron chi connectivity index (χ3n) is 7.00. The Balaban J connectivity index is 0.000000266. The minimum atomic E-state index is -4.31. The largest absolute Gasteiger partial charge is 0.460 e. The molecule has 0 amide bonds. The standard InChI is InChI=1S/C17H26F3N3OS.C10H11NO/c1-21-13-4-2-12(3-5-13)6-8-23-9-7-15-14(10-23)22-16(25-15)24-11-17(18,19)20;1-3-9-8(7-12)5-4-6-10(9)11-2/h12-13,21H,2-11H2,1H3;3-7,11H,1H2,2H3.